The monoisotopic (exact) mass is 245 g/mol. The van der Waals surface area contributed by atoms with Crippen LogP contribution in [0, 0.1) is 11.3 Å². The number of nitrogens with zero attached hydrogens (tertiary/aromatic N) is 3. The van der Waals surface area contributed by atoms with E-state index in [0.717, 1.165) is 10.9 Å². The lowest BCUT2D eigenvalue weighted by Gasteiger charge is -2.09. The zero-order valence-electron chi connectivity index (χ0n) is 10.2. The molecule has 0 spiro atoms. The molecule has 0 fully saturated rings. The molecule has 3 aromatic rings. The van der Waals surface area contributed by atoms with Crippen molar-refractivity contribution in [3.05, 3.63) is 72.1 Å². The predicted octanol–water partition coefficient (Wildman–Crippen LogP) is 3.29. The SMILES string of the molecule is N#CC(c1ccc2ccccc2c1)c1cccnn1. The van der Waals surface area contributed by atoms with Gasteiger partial charge in [-0.15, -0.1) is 0 Å². The van der Waals surface area contributed by atoms with E-state index in [1.54, 1.807) is 12.3 Å². The molecule has 1 unspecified atom stereocenters. The summed E-state index contributed by atoms with van der Waals surface area (Å²) in [6.45, 7) is 0. The number of rotatable bonds is 2. The Morgan fingerprint density at radius 2 is 1.79 bits per heavy atom. The first-order valence-electron chi connectivity index (χ1n) is 6.04. The molecule has 3 heteroatoms. The lowest BCUT2D eigenvalue weighted by atomic mass is 9.94. The van der Waals surface area contributed by atoms with Gasteiger partial charge in [-0.2, -0.15) is 15.5 Å². The maximum Gasteiger partial charge on any atom is 0.115 e. The van der Waals surface area contributed by atoms with E-state index < -0.39 is 0 Å². The smallest absolute Gasteiger partial charge is 0.115 e. The standard InChI is InChI=1S/C16H11N3/c17-11-15(16-6-3-9-18-19-16)14-8-7-12-4-1-2-5-13(12)10-14/h1-10,15H. The van der Waals surface area contributed by atoms with Gasteiger partial charge in [-0.05, 0) is 34.5 Å². The fourth-order valence-electron chi connectivity index (χ4n) is 2.17. The highest BCUT2D eigenvalue weighted by Gasteiger charge is 2.15. The summed E-state index contributed by atoms with van der Waals surface area (Å²) >= 11 is 0. The Hall–Kier alpha value is -2.73. The van der Waals surface area contributed by atoms with E-state index in [-0.39, 0.29) is 5.92 Å². The Balaban J connectivity index is 2.10. The van der Waals surface area contributed by atoms with Gasteiger partial charge in [0.1, 0.15) is 5.92 Å². The lowest BCUT2D eigenvalue weighted by molar-refractivity contribution is 0.885. The van der Waals surface area contributed by atoms with Crippen LogP contribution in [0.25, 0.3) is 10.8 Å². The highest BCUT2D eigenvalue weighted by Crippen LogP contribution is 2.25. The van der Waals surface area contributed by atoms with Gasteiger partial charge in [-0.3, -0.25) is 0 Å². The van der Waals surface area contributed by atoms with Crippen molar-refractivity contribution < 1.29 is 0 Å². The molecule has 0 aliphatic rings. The van der Waals surface area contributed by atoms with Gasteiger partial charge in [0, 0.05) is 6.20 Å². The van der Waals surface area contributed by atoms with Crippen LogP contribution >= 0.6 is 0 Å². The van der Waals surface area contributed by atoms with Crippen LogP contribution in [0.4, 0.5) is 0 Å². The molecule has 3 nitrogen and oxygen atoms in total. The molecule has 3 rings (SSSR count). The van der Waals surface area contributed by atoms with Gasteiger partial charge >= 0.3 is 0 Å². The Kier molecular flexibility index (Phi) is 2.91. The zero-order chi connectivity index (χ0) is 13.1. The van der Waals surface area contributed by atoms with Gasteiger partial charge in [0.2, 0.25) is 0 Å². The summed E-state index contributed by atoms with van der Waals surface area (Å²) in [6, 6.07) is 20.1. The number of hydrogen-bond donors (Lipinski definition) is 0. The molecule has 0 radical (unpaired) electrons. The molecule has 0 amide bonds. The van der Waals surface area contributed by atoms with E-state index in [1.807, 2.05) is 42.5 Å². The highest BCUT2D eigenvalue weighted by molar-refractivity contribution is 5.83. The van der Waals surface area contributed by atoms with Crippen LogP contribution in [0.15, 0.2) is 60.8 Å². The third-order valence-electron chi connectivity index (χ3n) is 3.12. The average molecular weight is 245 g/mol. The van der Waals surface area contributed by atoms with Crippen molar-refractivity contribution in [3.8, 4) is 6.07 Å². The Morgan fingerprint density at radius 3 is 2.53 bits per heavy atom. The third kappa shape index (κ3) is 2.16. The van der Waals surface area contributed by atoms with Gasteiger partial charge in [-0.25, -0.2) is 0 Å². The summed E-state index contributed by atoms with van der Waals surface area (Å²) in [4.78, 5) is 0. The van der Waals surface area contributed by atoms with E-state index >= 15 is 0 Å². The second kappa shape index (κ2) is 4.87. The Morgan fingerprint density at radius 1 is 0.947 bits per heavy atom. The molecule has 0 saturated carbocycles. The fraction of sp³-hybridized carbons (Fsp3) is 0.0625. The molecule has 1 aromatic heterocycles. The van der Waals surface area contributed by atoms with Crippen molar-refractivity contribution in [2.24, 2.45) is 0 Å². The summed E-state index contributed by atoms with van der Waals surface area (Å²) in [6.07, 6.45) is 1.61. The third-order valence-corrected chi connectivity index (χ3v) is 3.12. The molecular weight excluding hydrogens is 234 g/mol. The summed E-state index contributed by atoms with van der Waals surface area (Å²) < 4.78 is 0. The number of aromatic nitrogens is 2. The highest BCUT2D eigenvalue weighted by atomic mass is 15.1. The second-order valence-corrected chi connectivity index (χ2v) is 4.32. The zero-order valence-corrected chi connectivity index (χ0v) is 10.2. The quantitative estimate of drug-likeness (QED) is 0.696. The molecule has 1 heterocycles. The van der Waals surface area contributed by atoms with Crippen molar-refractivity contribution >= 4 is 10.8 Å². The van der Waals surface area contributed by atoms with Crippen molar-refractivity contribution in [3.63, 3.8) is 0 Å². The van der Waals surface area contributed by atoms with Gasteiger partial charge in [-0.1, -0.05) is 36.4 Å². The molecule has 0 aliphatic carbocycles. The molecule has 0 aliphatic heterocycles. The number of benzene rings is 2. The van der Waals surface area contributed by atoms with Crippen LogP contribution in [0.2, 0.25) is 0 Å². The number of hydrogen-bond acceptors (Lipinski definition) is 3. The summed E-state index contributed by atoms with van der Waals surface area (Å²) in [5, 5.41) is 19.6. The maximum absolute atomic E-state index is 9.39. The molecule has 90 valence electrons. The van der Waals surface area contributed by atoms with Crippen molar-refractivity contribution in [1.29, 1.82) is 5.26 Å². The molecule has 1 atom stereocenters. The predicted molar refractivity (Wildman–Crippen MR) is 73.4 cm³/mol. The van der Waals surface area contributed by atoms with E-state index in [0.29, 0.717) is 5.69 Å². The first kappa shape index (κ1) is 11.4. The van der Waals surface area contributed by atoms with Gasteiger partial charge < -0.3 is 0 Å². The molecule has 0 N–H and O–H groups in total. The minimum Gasteiger partial charge on any atom is -0.197 e. The van der Waals surface area contributed by atoms with Gasteiger partial charge in [0.05, 0.1) is 11.8 Å². The van der Waals surface area contributed by atoms with E-state index in [1.165, 1.54) is 5.39 Å². The van der Waals surface area contributed by atoms with E-state index in [4.69, 9.17) is 0 Å². The first-order valence-corrected chi connectivity index (χ1v) is 6.04. The molecule has 19 heavy (non-hydrogen) atoms. The average Bonchev–Trinajstić information content (AvgIpc) is 2.49. The van der Waals surface area contributed by atoms with E-state index in [2.05, 4.69) is 22.3 Å². The van der Waals surface area contributed by atoms with Crippen LogP contribution in [0.3, 0.4) is 0 Å². The van der Waals surface area contributed by atoms with Crippen LogP contribution < -0.4 is 0 Å². The van der Waals surface area contributed by atoms with Crippen molar-refractivity contribution in [2.75, 3.05) is 0 Å². The van der Waals surface area contributed by atoms with E-state index in [9.17, 15) is 5.26 Å². The number of fused-ring (bicyclic) bond motifs is 1. The molecule has 0 bridgehead atoms. The molecular formula is C16H11N3. The van der Waals surface area contributed by atoms with Gasteiger partial charge in [0.25, 0.3) is 0 Å². The minimum absolute atomic E-state index is 0.377. The maximum atomic E-state index is 9.39. The lowest BCUT2D eigenvalue weighted by Crippen LogP contribution is -2.01. The van der Waals surface area contributed by atoms with Crippen LogP contribution in [-0.2, 0) is 0 Å². The molecule has 0 saturated heterocycles. The Labute approximate surface area is 111 Å². The van der Waals surface area contributed by atoms with Crippen molar-refractivity contribution in [1.82, 2.24) is 10.2 Å². The summed E-state index contributed by atoms with van der Waals surface area (Å²) in [5.41, 5.74) is 1.63. The minimum atomic E-state index is -0.377. The summed E-state index contributed by atoms with van der Waals surface area (Å²) in [5.74, 6) is -0.377. The van der Waals surface area contributed by atoms with Crippen LogP contribution in [0.5, 0.6) is 0 Å². The number of nitriles is 1. The first-order chi connectivity index (χ1) is 9.38. The van der Waals surface area contributed by atoms with Gasteiger partial charge in [0.15, 0.2) is 0 Å². The topological polar surface area (TPSA) is 49.6 Å². The largest absolute Gasteiger partial charge is 0.197 e. The second-order valence-electron chi connectivity index (χ2n) is 4.32. The fourth-order valence-corrected chi connectivity index (χ4v) is 2.17. The molecule has 2 aromatic carbocycles. The Bertz CT molecular complexity index is 745. The van der Waals surface area contributed by atoms with Crippen LogP contribution in [0.1, 0.15) is 17.2 Å². The normalized spacial score (nSPS) is 11.9. The van der Waals surface area contributed by atoms with Crippen molar-refractivity contribution in [2.45, 2.75) is 5.92 Å². The summed E-state index contributed by atoms with van der Waals surface area (Å²) in [7, 11) is 0. The van der Waals surface area contributed by atoms with Crippen LogP contribution in [-0.4, -0.2) is 10.2 Å².